The smallest absolute Gasteiger partial charge is 0.407 e. The number of rotatable bonds is 2. The minimum atomic E-state index is -0.465. The molecule has 1 fully saturated rings. The fraction of sp³-hybridized carbons (Fsp3) is 0.500. The number of amides is 1. The van der Waals surface area contributed by atoms with Gasteiger partial charge >= 0.3 is 6.09 Å². The van der Waals surface area contributed by atoms with Crippen LogP contribution < -0.4 is 5.32 Å². The minimum absolute atomic E-state index is 0.143. The Morgan fingerprint density at radius 1 is 1.33 bits per heavy atom. The Morgan fingerprint density at radius 2 is 1.94 bits per heavy atom. The van der Waals surface area contributed by atoms with Gasteiger partial charge in [0.25, 0.3) is 0 Å². The number of phenolic OH excluding ortho intramolecular Hbond substituents is 1. The standard InChI is InChI=1S/C14H19NO3/c1-14(2,3)18-13(17)15-12-8-11(12)9-4-6-10(16)7-5-9/h4-7,11-12,16H,8H2,1-3H3,(H,15,17)/t11-,12?/m0/s1. The van der Waals surface area contributed by atoms with E-state index in [2.05, 4.69) is 5.32 Å². The van der Waals surface area contributed by atoms with E-state index in [9.17, 15) is 9.90 Å². The number of hydrogen-bond donors (Lipinski definition) is 2. The molecular weight excluding hydrogens is 230 g/mol. The number of ether oxygens (including phenoxy) is 1. The lowest BCUT2D eigenvalue weighted by Gasteiger charge is -2.19. The van der Waals surface area contributed by atoms with Gasteiger partial charge in [-0.25, -0.2) is 4.79 Å². The molecule has 1 amide bonds. The molecule has 0 aromatic heterocycles. The van der Waals surface area contributed by atoms with Crippen molar-refractivity contribution in [3.05, 3.63) is 29.8 Å². The average Bonchev–Trinajstić information content (AvgIpc) is 2.95. The fourth-order valence-corrected chi connectivity index (χ4v) is 1.90. The highest BCUT2D eigenvalue weighted by molar-refractivity contribution is 5.69. The van der Waals surface area contributed by atoms with Crippen LogP contribution in [-0.2, 0) is 4.74 Å². The highest BCUT2D eigenvalue weighted by Gasteiger charge is 2.40. The van der Waals surface area contributed by atoms with Crippen LogP contribution in [-0.4, -0.2) is 22.8 Å². The first-order valence-corrected chi connectivity index (χ1v) is 6.13. The predicted octanol–water partition coefficient (Wildman–Crippen LogP) is 2.77. The number of phenols is 1. The first-order valence-electron chi connectivity index (χ1n) is 6.13. The van der Waals surface area contributed by atoms with Crippen molar-refractivity contribution >= 4 is 6.09 Å². The number of benzene rings is 1. The van der Waals surface area contributed by atoms with Crippen LogP contribution in [0.2, 0.25) is 0 Å². The van der Waals surface area contributed by atoms with E-state index in [0.29, 0.717) is 5.92 Å². The van der Waals surface area contributed by atoms with Gasteiger partial charge in [0.2, 0.25) is 0 Å². The average molecular weight is 249 g/mol. The van der Waals surface area contributed by atoms with Gasteiger partial charge in [-0.05, 0) is 44.9 Å². The van der Waals surface area contributed by atoms with E-state index in [1.54, 1.807) is 12.1 Å². The summed E-state index contributed by atoms with van der Waals surface area (Å²) in [6.45, 7) is 5.53. The molecule has 1 aliphatic carbocycles. The summed E-state index contributed by atoms with van der Waals surface area (Å²) in [6.07, 6.45) is 0.554. The van der Waals surface area contributed by atoms with Gasteiger partial charge in [0.05, 0.1) is 0 Å². The second-order valence-electron chi connectivity index (χ2n) is 5.69. The number of hydrogen-bond acceptors (Lipinski definition) is 3. The van der Waals surface area contributed by atoms with Gasteiger partial charge in [0.15, 0.2) is 0 Å². The van der Waals surface area contributed by atoms with Crippen molar-refractivity contribution in [3.8, 4) is 5.75 Å². The normalized spacial score (nSPS) is 22.4. The molecule has 0 heterocycles. The molecule has 1 aromatic rings. The molecule has 0 saturated heterocycles. The number of nitrogens with one attached hydrogen (secondary N) is 1. The number of aromatic hydroxyl groups is 1. The molecule has 4 nitrogen and oxygen atoms in total. The maximum absolute atomic E-state index is 11.6. The van der Waals surface area contributed by atoms with Crippen LogP contribution in [0.15, 0.2) is 24.3 Å². The summed E-state index contributed by atoms with van der Waals surface area (Å²) in [6, 6.07) is 7.24. The van der Waals surface area contributed by atoms with E-state index in [1.807, 2.05) is 32.9 Å². The van der Waals surface area contributed by atoms with E-state index in [0.717, 1.165) is 12.0 Å². The Balaban J connectivity index is 1.85. The molecule has 2 atom stereocenters. The molecule has 2 N–H and O–H groups in total. The molecule has 1 saturated carbocycles. The van der Waals surface area contributed by atoms with Crippen LogP contribution in [0.1, 0.15) is 38.7 Å². The molecule has 1 aromatic carbocycles. The van der Waals surface area contributed by atoms with Crippen LogP contribution in [0.5, 0.6) is 5.75 Å². The molecule has 2 rings (SSSR count). The molecule has 0 radical (unpaired) electrons. The van der Waals surface area contributed by atoms with Crippen LogP contribution >= 0.6 is 0 Å². The maximum Gasteiger partial charge on any atom is 0.407 e. The number of carbonyl (C=O) groups is 1. The van der Waals surface area contributed by atoms with Crippen molar-refractivity contribution in [1.29, 1.82) is 0 Å². The summed E-state index contributed by atoms with van der Waals surface area (Å²) in [7, 11) is 0. The largest absolute Gasteiger partial charge is 0.508 e. The van der Waals surface area contributed by atoms with Crippen molar-refractivity contribution < 1.29 is 14.6 Å². The van der Waals surface area contributed by atoms with E-state index >= 15 is 0 Å². The highest BCUT2D eigenvalue weighted by Crippen LogP contribution is 2.41. The lowest BCUT2D eigenvalue weighted by atomic mass is 10.1. The van der Waals surface area contributed by atoms with Crippen LogP contribution in [0.4, 0.5) is 4.79 Å². The van der Waals surface area contributed by atoms with Crippen LogP contribution in [0.25, 0.3) is 0 Å². The van der Waals surface area contributed by atoms with Gasteiger partial charge < -0.3 is 15.2 Å². The Kier molecular flexibility index (Phi) is 3.20. The summed E-state index contributed by atoms with van der Waals surface area (Å²) in [5.74, 6) is 0.592. The zero-order chi connectivity index (χ0) is 13.3. The van der Waals surface area contributed by atoms with Gasteiger partial charge in [0, 0.05) is 12.0 Å². The maximum atomic E-state index is 11.6. The second kappa shape index (κ2) is 4.52. The van der Waals surface area contributed by atoms with E-state index < -0.39 is 5.60 Å². The molecule has 98 valence electrons. The van der Waals surface area contributed by atoms with Gasteiger partial charge in [0.1, 0.15) is 11.4 Å². The summed E-state index contributed by atoms with van der Waals surface area (Å²) < 4.78 is 5.20. The summed E-state index contributed by atoms with van der Waals surface area (Å²) in [4.78, 5) is 11.6. The summed E-state index contributed by atoms with van der Waals surface area (Å²) >= 11 is 0. The molecule has 1 unspecified atom stereocenters. The van der Waals surface area contributed by atoms with Crippen LogP contribution in [0, 0.1) is 0 Å². The zero-order valence-corrected chi connectivity index (χ0v) is 10.9. The van der Waals surface area contributed by atoms with Gasteiger partial charge in [-0.15, -0.1) is 0 Å². The van der Waals surface area contributed by atoms with Crippen molar-refractivity contribution in [2.45, 2.75) is 44.8 Å². The third-order valence-electron chi connectivity index (χ3n) is 2.81. The zero-order valence-electron chi connectivity index (χ0n) is 10.9. The monoisotopic (exact) mass is 249 g/mol. The summed E-state index contributed by atoms with van der Waals surface area (Å²) in [5, 5.41) is 12.1. The quantitative estimate of drug-likeness (QED) is 0.847. The third-order valence-corrected chi connectivity index (χ3v) is 2.81. The fourth-order valence-electron chi connectivity index (χ4n) is 1.90. The number of alkyl carbamates (subject to hydrolysis) is 1. The third kappa shape index (κ3) is 3.39. The molecule has 18 heavy (non-hydrogen) atoms. The van der Waals surface area contributed by atoms with E-state index in [1.165, 1.54) is 0 Å². The SMILES string of the molecule is CC(C)(C)OC(=O)NC1C[C@H]1c1ccc(O)cc1. The predicted molar refractivity (Wildman–Crippen MR) is 68.6 cm³/mol. The molecule has 0 spiro atoms. The molecular formula is C14H19NO3. The van der Waals surface area contributed by atoms with Gasteiger partial charge in [-0.1, -0.05) is 12.1 Å². The van der Waals surface area contributed by atoms with Crippen LogP contribution in [0.3, 0.4) is 0 Å². The highest BCUT2D eigenvalue weighted by atomic mass is 16.6. The Hall–Kier alpha value is -1.71. The lowest BCUT2D eigenvalue weighted by Crippen LogP contribution is -2.34. The Morgan fingerprint density at radius 3 is 2.50 bits per heavy atom. The van der Waals surface area contributed by atoms with Gasteiger partial charge in [-0.2, -0.15) is 0 Å². The van der Waals surface area contributed by atoms with Crippen molar-refractivity contribution in [1.82, 2.24) is 5.32 Å². The Labute approximate surface area is 107 Å². The van der Waals surface area contributed by atoms with E-state index in [4.69, 9.17) is 4.74 Å². The van der Waals surface area contributed by atoms with Crippen molar-refractivity contribution in [2.75, 3.05) is 0 Å². The second-order valence-corrected chi connectivity index (χ2v) is 5.69. The molecule has 0 aliphatic heterocycles. The number of carbonyl (C=O) groups excluding carboxylic acids is 1. The lowest BCUT2D eigenvalue weighted by molar-refractivity contribution is 0.0523. The molecule has 0 bridgehead atoms. The first kappa shape index (κ1) is 12.7. The summed E-state index contributed by atoms with van der Waals surface area (Å²) in [5.41, 5.74) is 0.668. The minimum Gasteiger partial charge on any atom is -0.508 e. The van der Waals surface area contributed by atoms with Crippen molar-refractivity contribution in [3.63, 3.8) is 0 Å². The van der Waals surface area contributed by atoms with Crippen molar-refractivity contribution in [2.24, 2.45) is 0 Å². The Bertz CT molecular complexity index is 433. The van der Waals surface area contributed by atoms with Gasteiger partial charge in [-0.3, -0.25) is 0 Å². The molecule has 4 heteroatoms. The molecule has 1 aliphatic rings. The topological polar surface area (TPSA) is 58.6 Å². The first-order chi connectivity index (χ1) is 8.35. The van der Waals surface area contributed by atoms with E-state index in [-0.39, 0.29) is 17.9 Å².